The van der Waals surface area contributed by atoms with Crippen LogP contribution in [0.1, 0.15) is 26.7 Å². The van der Waals surface area contributed by atoms with Crippen molar-refractivity contribution < 1.29 is 9.59 Å². The summed E-state index contributed by atoms with van der Waals surface area (Å²) in [7, 11) is 0. The van der Waals surface area contributed by atoms with E-state index in [4.69, 9.17) is 0 Å². The van der Waals surface area contributed by atoms with Crippen LogP contribution < -0.4 is 5.32 Å². The second-order valence-electron chi connectivity index (χ2n) is 5.35. The number of rotatable bonds is 1. The van der Waals surface area contributed by atoms with E-state index >= 15 is 0 Å². The summed E-state index contributed by atoms with van der Waals surface area (Å²) in [6.07, 6.45) is 7.12. The third-order valence-electron chi connectivity index (χ3n) is 4.06. The molecule has 2 heterocycles. The van der Waals surface area contributed by atoms with Crippen LogP contribution in [-0.4, -0.2) is 34.6 Å². The van der Waals surface area contributed by atoms with E-state index in [1.807, 2.05) is 18.0 Å². The van der Waals surface area contributed by atoms with E-state index < -0.39 is 0 Å². The normalized spacial score (nSPS) is 33.8. The van der Waals surface area contributed by atoms with E-state index in [1.165, 1.54) is 5.57 Å². The Morgan fingerprint density at radius 1 is 1.37 bits per heavy atom. The number of carbonyl (C=O) groups excluding carboxylic acids is 2. The molecular weight excluding hydrogens is 242 g/mol. The Balaban J connectivity index is 1.87. The van der Waals surface area contributed by atoms with Crippen molar-refractivity contribution in [3.8, 4) is 0 Å². The van der Waals surface area contributed by atoms with E-state index in [1.54, 1.807) is 0 Å². The van der Waals surface area contributed by atoms with Crippen molar-refractivity contribution >= 4 is 17.5 Å². The Morgan fingerprint density at radius 3 is 2.89 bits per heavy atom. The molecule has 3 unspecified atom stereocenters. The number of carbonyl (C=O) groups is 2. The van der Waals surface area contributed by atoms with Crippen molar-refractivity contribution in [3.05, 3.63) is 23.8 Å². The number of fused-ring (bicyclic) bond motifs is 1. The molecule has 5 heteroatoms. The van der Waals surface area contributed by atoms with Crippen LogP contribution in [0.25, 0.3) is 0 Å². The molecule has 2 amide bonds. The molecule has 3 atom stereocenters. The van der Waals surface area contributed by atoms with Gasteiger partial charge in [0.05, 0.1) is 6.04 Å². The third-order valence-corrected chi connectivity index (χ3v) is 4.06. The van der Waals surface area contributed by atoms with E-state index in [2.05, 4.69) is 29.5 Å². The van der Waals surface area contributed by atoms with E-state index in [0.717, 1.165) is 5.71 Å². The highest BCUT2D eigenvalue weighted by atomic mass is 16.2. The van der Waals surface area contributed by atoms with Gasteiger partial charge in [0.2, 0.25) is 5.91 Å². The van der Waals surface area contributed by atoms with Crippen LogP contribution in [0.2, 0.25) is 0 Å². The van der Waals surface area contributed by atoms with Crippen LogP contribution in [0.5, 0.6) is 0 Å². The Kier molecular flexibility index (Phi) is 2.77. The lowest BCUT2D eigenvalue weighted by Gasteiger charge is -2.34. The third kappa shape index (κ3) is 1.89. The first-order valence-electron chi connectivity index (χ1n) is 6.60. The van der Waals surface area contributed by atoms with Crippen LogP contribution >= 0.6 is 0 Å². The van der Waals surface area contributed by atoms with Gasteiger partial charge in [-0.1, -0.05) is 23.8 Å². The van der Waals surface area contributed by atoms with Gasteiger partial charge in [-0.2, -0.15) is 5.10 Å². The van der Waals surface area contributed by atoms with Gasteiger partial charge in [-0.05, 0) is 20.3 Å². The number of hydrazone groups is 1. The summed E-state index contributed by atoms with van der Waals surface area (Å²) in [5, 5.41) is 8.84. The molecule has 0 aromatic heterocycles. The summed E-state index contributed by atoms with van der Waals surface area (Å²) >= 11 is 0. The van der Waals surface area contributed by atoms with Gasteiger partial charge in [0.1, 0.15) is 6.04 Å². The van der Waals surface area contributed by atoms with E-state index in [9.17, 15) is 9.59 Å². The number of amides is 2. The molecule has 5 nitrogen and oxygen atoms in total. The summed E-state index contributed by atoms with van der Waals surface area (Å²) < 4.78 is 0. The Morgan fingerprint density at radius 2 is 2.16 bits per heavy atom. The van der Waals surface area contributed by atoms with Crippen LogP contribution in [0.15, 0.2) is 28.9 Å². The minimum Gasteiger partial charge on any atom is -0.295 e. The predicted molar refractivity (Wildman–Crippen MR) is 71.3 cm³/mol. The molecule has 2 aliphatic heterocycles. The number of piperidine rings is 1. The van der Waals surface area contributed by atoms with E-state index in [0.29, 0.717) is 12.8 Å². The fraction of sp³-hybridized carbons (Fsp3) is 0.500. The average molecular weight is 259 g/mol. The summed E-state index contributed by atoms with van der Waals surface area (Å²) in [5.74, 6) is -0.155. The maximum absolute atomic E-state index is 12.0. The standard InChI is InChI=1S/C14H17N3O2/c1-8-4-3-5-10-13(8)9(2)16-17(10)11-6-7-12(18)15-14(11)19/h3-5,10-11,13H,6-7H2,1-2H3,(H,15,18,19). The van der Waals surface area contributed by atoms with Gasteiger partial charge >= 0.3 is 0 Å². The zero-order valence-electron chi connectivity index (χ0n) is 11.1. The molecule has 3 rings (SSSR count). The van der Waals surface area contributed by atoms with Crippen LogP contribution in [0.4, 0.5) is 0 Å². The van der Waals surface area contributed by atoms with Crippen LogP contribution in [-0.2, 0) is 9.59 Å². The summed E-state index contributed by atoms with van der Waals surface area (Å²) in [5.41, 5.74) is 2.30. The minimum absolute atomic E-state index is 0.106. The Bertz CT molecular complexity index is 533. The number of allylic oxidation sites excluding steroid dienone is 2. The zero-order valence-corrected chi connectivity index (χ0v) is 11.1. The molecule has 3 aliphatic rings. The van der Waals surface area contributed by atoms with Crippen LogP contribution in [0.3, 0.4) is 0 Å². The van der Waals surface area contributed by atoms with Crippen molar-refractivity contribution in [2.24, 2.45) is 11.0 Å². The minimum atomic E-state index is -0.335. The van der Waals surface area contributed by atoms with E-state index in [-0.39, 0.29) is 29.8 Å². The van der Waals surface area contributed by atoms with Crippen molar-refractivity contribution in [3.63, 3.8) is 0 Å². The lowest BCUT2D eigenvalue weighted by molar-refractivity contribution is -0.137. The first kappa shape index (κ1) is 12.1. The summed E-state index contributed by atoms with van der Waals surface area (Å²) in [4.78, 5) is 23.2. The number of hydrogen-bond acceptors (Lipinski definition) is 4. The summed E-state index contributed by atoms with van der Waals surface area (Å²) in [6, 6.07) is -0.229. The number of imide groups is 1. The second kappa shape index (κ2) is 4.33. The van der Waals surface area contributed by atoms with Gasteiger partial charge < -0.3 is 0 Å². The van der Waals surface area contributed by atoms with Crippen molar-refractivity contribution in [2.75, 3.05) is 0 Å². The molecule has 19 heavy (non-hydrogen) atoms. The Hall–Kier alpha value is -1.91. The smallest absolute Gasteiger partial charge is 0.251 e. The van der Waals surface area contributed by atoms with Crippen molar-refractivity contribution in [2.45, 2.75) is 38.8 Å². The highest BCUT2D eigenvalue weighted by Crippen LogP contribution is 2.34. The average Bonchev–Trinajstić information content (AvgIpc) is 2.68. The maximum atomic E-state index is 12.0. The molecule has 0 bridgehead atoms. The summed E-state index contributed by atoms with van der Waals surface area (Å²) in [6.45, 7) is 4.09. The quantitative estimate of drug-likeness (QED) is 0.714. The molecule has 1 saturated heterocycles. The molecule has 0 aromatic carbocycles. The fourth-order valence-electron chi connectivity index (χ4n) is 3.15. The molecule has 0 saturated carbocycles. The Labute approximate surface area is 112 Å². The van der Waals surface area contributed by atoms with Crippen molar-refractivity contribution in [1.29, 1.82) is 0 Å². The molecule has 1 fully saturated rings. The van der Waals surface area contributed by atoms with Gasteiger partial charge in [0.15, 0.2) is 0 Å². The monoisotopic (exact) mass is 259 g/mol. The lowest BCUT2D eigenvalue weighted by atomic mass is 9.85. The number of nitrogens with one attached hydrogen (secondary N) is 1. The van der Waals surface area contributed by atoms with Crippen LogP contribution in [0, 0.1) is 5.92 Å². The van der Waals surface area contributed by atoms with Gasteiger partial charge in [-0.25, -0.2) is 0 Å². The molecule has 100 valence electrons. The largest absolute Gasteiger partial charge is 0.295 e. The first-order chi connectivity index (χ1) is 9.08. The van der Waals surface area contributed by atoms with Gasteiger partial charge in [-0.3, -0.25) is 19.9 Å². The molecular formula is C14H17N3O2. The molecule has 0 radical (unpaired) electrons. The SMILES string of the molecule is CC1=CC=CC2C1C(C)=NN2C1CCC(=O)NC1=O. The highest BCUT2D eigenvalue weighted by Gasteiger charge is 2.42. The molecule has 1 aliphatic carbocycles. The number of hydrogen-bond donors (Lipinski definition) is 1. The molecule has 1 N–H and O–H groups in total. The van der Waals surface area contributed by atoms with Gasteiger partial charge in [0, 0.05) is 18.1 Å². The highest BCUT2D eigenvalue weighted by molar-refractivity contribution is 6.00. The van der Waals surface area contributed by atoms with Crippen molar-refractivity contribution in [1.82, 2.24) is 10.3 Å². The first-order valence-corrected chi connectivity index (χ1v) is 6.60. The predicted octanol–water partition coefficient (Wildman–Crippen LogP) is 0.984. The molecule has 0 spiro atoms. The maximum Gasteiger partial charge on any atom is 0.251 e. The zero-order chi connectivity index (χ0) is 13.6. The topological polar surface area (TPSA) is 61.8 Å². The van der Waals surface area contributed by atoms with Gasteiger partial charge in [-0.15, -0.1) is 0 Å². The number of nitrogens with zero attached hydrogens (tertiary/aromatic N) is 2. The lowest BCUT2D eigenvalue weighted by Crippen LogP contribution is -2.53. The van der Waals surface area contributed by atoms with Gasteiger partial charge in [0.25, 0.3) is 5.91 Å². The fourth-order valence-corrected chi connectivity index (χ4v) is 3.15. The molecule has 0 aromatic rings. The second-order valence-corrected chi connectivity index (χ2v) is 5.35.